The topological polar surface area (TPSA) is 54.2 Å². The summed E-state index contributed by atoms with van der Waals surface area (Å²) in [5.74, 6) is 1.57. The Morgan fingerprint density at radius 2 is 2.11 bits per heavy atom. The van der Waals surface area contributed by atoms with Gasteiger partial charge < -0.3 is 9.84 Å². The first kappa shape index (κ1) is 13.5. The Morgan fingerprint density at radius 1 is 1.33 bits per heavy atom. The highest BCUT2D eigenvalue weighted by atomic mass is 16.5. The first-order chi connectivity index (χ1) is 8.83. The lowest BCUT2D eigenvalue weighted by Gasteiger charge is -2.33. The molecular weight excluding hydrogens is 228 g/mol. The van der Waals surface area contributed by atoms with E-state index in [1.54, 1.807) is 0 Å². The van der Waals surface area contributed by atoms with Gasteiger partial charge in [-0.1, -0.05) is 19.0 Å². The quantitative estimate of drug-likeness (QED) is 0.833. The van der Waals surface area contributed by atoms with Crippen LogP contribution in [0.25, 0.3) is 0 Å². The van der Waals surface area contributed by atoms with Crippen LogP contribution in [-0.2, 0) is 13.0 Å². The van der Waals surface area contributed by atoms with Crippen molar-refractivity contribution in [3.63, 3.8) is 0 Å². The zero-order valence-electron chi connectivity index (χ0n) is 11.5. The molecule has 0 aliphatic carbocycles. The average Bonchev–Trinajstić information content (AvgIpc) is 2.87. The summed E-state index contributed by atoms with van der Waals surface area (Å²) in [6, 6.07) is 0.656. The zero-order chi connectivity index (χ0) is 12.8. The van der Waals surface area contributed by atoms with Crippen molar-refractivity contribution >= 4 is 0 Å². The second kappa shape index (κ2) is 6.85. The van der Waals surface area contributed by atoms with Crippen LogP contribution in [0, 0.1) is 0 Å². The van der Waals surface area contributed by atoms with Gasteiger partial charge in [0.05, 0.1) is 6.54 Å². The smallest absolute Gasteiger partial charge is 0.240 e. The van der Waals surface area contributed by atoms with Crippen LogP contribution in [0.2, 0.25) is 0 Å². The summed E-state index contributed by atoms with van der Waals surface area (Å²) >= 11 is 0. The minimum atomic E-state index is 0.656. The molecule has 1 fully saturated rings. The number of rotatable bonds is 6. The Bertz CT molecular complexity index is 347. The molecule has 1 aromatic heterocycles. The monoisotopic (exact) mass is 252 g/mol. The molecule has 0 radical (unpaired) electrons. The van der Waals surface area contributed by atoms with Gasteiger partial charge in [-0.25, -0.2) is 0 Å². The number of nitrogens with zero attached hydrogens (tertiary/aromatic N) is 3. The summed E-state index contributed by atoms with van der Waals surface area (Å²) in [5.41, 5.74) is 0. The predicted molar refractivity (Wildman–Crippen MR) is 70.3 cm³/mol. The lowest BCUT2D eigenvalue weighted by atomic mass is 10.0. The molecule has 1 N–H and O–H groups in total. The zero-order valence-corrected chi connectivity index (χ0v) is 11.5. The van der Waals surface area contributed by atoms with Crippen molar-refractivity contribution in [2.24, 2.45) is 0 Å². The fraction of sp³-hybridized carbons (Fsp3) is 0.846. The largest absolute Gasteiger partial charge is 0.338 e. The second-order valence-corrected chi connectivity index (χ2v) is 4.91. The fourth-order valence-electron chi connectivity index (χ4n) is 2.52. The van der Waals surface area contributed by atoms with E-state index in [0.717, 1.165) is 44.3 Å². The molecule has 0 atom stereocenters. The van der Waals surface area contributed by atoms with Crippen LogP contribution in [0.3, 0.4) is 0 Å². The van der Waals surface area contributed by atoms with Gasteiger partial charge in [-0.15, -0.1) is 0 Å². The summed E-state index contributed by atoms with van der Waals surface area (Å²) in [5, 5.41) is 7.38. The molecule has 102 valence electrons. The maximum absolute atomic E-state index is 5.30. The summed E-state index contributed by atoms with van der Waals surface area (Å²) in [6.45, 7) is 8.41. The highest BCUT2D eigenvalue weighted by molar-refractivity contribution is 4.87. The lowest BCUT2D eigenvalue weighted by molar-refractivity contribution is 0.137. The molecule has 1 aliphatic heterocycles. The lowest BCUT2D eigenvalue weighted by Crippen LogP contribution is -2.43. The van der Waals surface area contributed by atoms with Gasteiger partial charge in [0.1, 0.15) is 0 Å². The minimum Gasteiger partial charge on any atom is -0.338 e. The average molecular weight is 252 g/mol. The highest BCUT2D eigenvalue weighted by Crippen LogP contribution is 2.15. The molecule has 5 nitrogen and oxygen atoms in total. The number of aryl methyl sites for hydroxylation is 1. The van der Waals surface area contributed by atoms with E-state index in [-0.39, 0.29) is 0 Å². The van der Waals surface area contributed by atoms with E-state index < -0.39 is 0 Å². The standard InChI is InChI=1S/C13H24N4O/c1-3-9-17(11-5-7-14-8-6-11)10-13-15-12(4-2)16-18-13/h11,14H,3-10H2,1-2H3. The van der Waals surface area contributed by atoms with E-state index in [1.807, 2.05) is 6.92 Å². The molecule has 0 saturated carbocycles. The van der Waals surface area contributed by atoms with E-state index in [0.29, 0.717) is 6.04 Å². The molecule has 5 heteroatoms. The Balaban J connectivity index is 1.95. The molecule has 0 spiro atoms. The Kier molecular flexibility index (Phi) is 5.13. The van der Waals surface area contributed by atoms with Gasteiger partial charge in [-0.3, -0.25) is 4.90 Å². The fourth-order valence-corrected chi connectivity index (χ4v) is 2.52. The summed E-state index contributed by atoms with van der Waals surface area (Å²) in [4.78, 5) is 6.90. The van der Waals surface area contributed by atoms with E-state index in [4.69, 9.17) is 4.52 Å². The van der Waals surface area contributed by atoms with Crippen LogP contribution in [-0.4, -0.2) is 40.7 Å². The normalized spacial score (nSPS) is 17.5. The van der Waals surface area contributed by atoms with E-state index in [1.165, 1.54) is 19.3 Å². The third-order valence-electron chi connectivity index (χ3n) is 3.50. The first-order valence-electron chi connectivity index (χ1n) is 7.09. The summed E-state index contributed by atoms with van der Waals surface area (Å²) in [6.07, 6.45) is 4.44. The molecule has 1 aromatic rings. The molecule has 18 heavy (non-hydrogen) atoms. The molecule has 0 unspecified atom stereocenters. The first-order valence-corrected chi connectivity index (χ1v) is 7.09. The van der Waals surface area contributed by atoms with E-state index in [9.17, 15) is 0 Å². The molecule has 0 aromatic carbocycles. The van der Waals surface area contributed by atoms with Crippen LogP contribution in [0.4, 0.5) is 0 Å². The van der Waals surface area contributed by atoms with Crippen LogP contribution in [0.15, 0.2) is 4.52 Å². The van der Waals surface area contributed by atoms with Crippen LogP contribution in [0.1, 0.15) is 44.8 Å². The van der Waals surface area contributed by atoms with Crippen molar-refractivity contribution in [1.29, 1.82) is 0 Å². The third kappa shape index (κ3) is 3.53. The van der Waals surface area contributed by atoms with Gasteiger partial charge in [0, 0.05) is 12.5 Å². The number of nitrogens with one attached hydrogen (secondary N) is 1. The van der Waals surface area contributed by atoms with Crippen molar-refractivity contribution in [3.05, 3.63) is 11.7 Å². The van der Waals surface area contributed by atoms with Crippen LogP contribution < -0.4 is 5.32 Å². The van der Waals surface area contributed by atoms with Gasteiger partial charge in [-0.2, -0.15) is 4.98 Å². The van der Waals surface area contributed by atoms with Crippen LogP contribution >= 0.6 is 0 Å². The summed E-state index contributed by atoms with van der Waals surface area (Å²) < 4.78 is 5.30. The van der Waals surface area contributed by atoms with E-state index in [2.05, 4.69) is 27.3 Å². The number of hydrogen-bond acceptors (Lipinski definition) is 5. The van der Waals surface area contributed by atoms with Crippen molar-refractivity contribution in [1.82, 2.24) is 20.4 Å². The molecule has 0 bridgehead atoms. The van der Waals surface area contributed by atoms with E-state index >= 15 is 0 Å². The van der Waals surface area contributed by atoms with Crippen molar-refractivity contribution in [2.45, 2.75) is 52.1 Å². The molecule has 2 heterocycles. The SMILES string of the molecule is CCCN(Cc1nc(CC)no1)C1CCNCC1. The summed E-state index contributed by atoms with van der Waals surface area (Å²) in [7, 11) is 0. The van der Waals surface area contributed by atoms with Gasteiger partial charge in [0.15, 0.2) is 5.82 Å². The van der Waals surface area contributed by atoms with Crippen molar-refractivity contribution in [3.8, 4) is 0 Å². The number of piperidine rings is 1. The Hall–Kier alpha value is -0.940. The van der Waals surface area contributed by atoms with Gasteiger partial charge in [-0.05, 0) is 38.9 Å². The second-order valence-electron chi connectivity index (χ2n) is 4.91. The maximum atomic E-state index is 5.30. The highest BCUT2D eigenvalue weighted by Gasteiger charge is 2.22. The van der Waals surface area contributed by atoms with Gasteiger partial charge >= 0.3 is 0 Å². The molecule has 1 saturated heterocycles. The Labute approximate surface area is 109 Å². The van der Waals surface area contributed by atoms with Crippen molar-refractivity contribution in [2.75, 3.05) is 19.6 Å². The van der Waals surface area contributed by atoms with Crippen molar-refractivity contribution < 1.29 is 4.52 Å². The molecular formula is C13H24N4O. The maximum Gasteiger partial charge on any atom is 0.240 e. The Morgan fingerprint density at radius 3 is 2.72 bits per heavy atom. The molecule has 2 rings (SSSR count). The minimum absolute atomic E-state index is 0.656. The molecule has 1 aliphatic rings. The number of aromatic nitrogens is 2. The predicted octanol–water partition coefficient (Wildman–Crippen LogP) is 1.60. The third-order valence-corrected chi connectivity index (χ3v) is 3.50. The van der Waals surface area contributed by atoms with Gasteiger partial charge in [0.2, 0.25) is 5.89 Å². The van der Waals surface area contributed by atoms with Crippen LogP contribution in [0.5, 0.6) is 0 Å². The van der Waals surface area contributed by atoms with Gasteiger partial charge in [0.25, 0.3) is 0 Å². The molecule has 0 amide bonds. The number of hydrogen-bond donors (Lipinski definition) is 1.